The van der Waals surface area contributed by atoms with Crippen LogP contribution in [-0.4, -0.2) is 73.6 Å². The highest BCUT2D eigenvalue weighted by Gasteiger charge is 2.18. The number of nitrogens with zero attached hydrogens (tertiary/aromatic N) is 2. The maximum absolute atomic E-state index is 6.02. The SMILES string of the molecule is S=C(NCC1CCCO1)N(CCCN1CCOCC1)Cc1ccc(Cl)cc1. The lowest BCUT2D eigenvalue weighted by molar-refractivity contribution is 0.0367. The van der Waals surface area contributed by atoms with Crippen molar-refractivity contribution in [3.05, 3.63) is 34.9 Å². The number of ether oxygens (including phenoxy) is 2. The summed E-state index contributed by atoms with van der Waals surface area (Å²) >= 11 is 11.7. The lowest BCUT2D eigenvalue weighted by Crippen LogP contribution is -2.44. The highest BCUT2D eigenvalue weighted by Crippen LogP contribution is 2.13. The van der Waals surface area contributed by atoms with Crippen molar-refractivity contribution in [1.82, 2.24) is 15.1 Å². The third kappa shape index (κ3) is 7.20. The van der Waals surface area contributed by atoms with Crippen LogP contribution in [0.1, 0.15) is 24.8 Å². The van der Waals surface area contributed by atoms with E-state index in [9.17, 15) is 0 Å². The largest absolute Gasteiger partial charge is 0.379 e. The fourth-order valence-electron chi connectivity index (χ4n) is 3.49. The van der Waals surface area contributed by atoms with Gasteiger partial charge in [-0.05, 0) is 49.2 Å². The van der Waals surface area contributed by atoms with Crippen LogP contribution >= 0.6 is 23.8 Å². The first-order chi connectivity index (χ1) is 13.2. The Morgan fingerprint density at radius 3 is 2.70 bits per heavy atom. The van der Waals surface area contributed by atoms with E-state index in [4.69, 9.17) is 33.3 Å². The lowest BCUT2D eigenvalue weighted by Gasteiger charge is -2.30. The predicted molar refractivity (Wildman–Crippen MR) is 113 cm³/mol. The van der Waals surface area contributed by atoms with Gasteiger partial charge in [0, 0.05) is 50.9 Å². The van der Waals surface area contributed by atoms with Gasteiger partial charge in [-0.3, -0.25) is 4.90 Å². The number of thiocarbonyl (C=S) groups is 1. The van der Waals surface area contributed by atoms with Crippen molar-refractivity contribution in [3.8, 4) is 0 Å². The molecule has 2 saturated heterocycles. The van der Waals surface area contributed by atoms with Crippen LogP contribution in [0.25, 0.3) is 0 Å². The van der Waals surface area contributed by atoms with E-state index in [-0.39, 0.29) is 6.10 Å². The summed E-state index contributed by atoms with van der Waals surface area (Å²) in [6.45, 7) is 8.19. The molecule has 2 aliphatic heterocycles. The summed E-state index contributed by atoms with van der Waals surface area (Å²) in [7, 11) is 0. The molecule has 1 N–H and O–H groups in total. The first-order valence-electron chi connectivity index (χ1n) is 9.89. The van der Waals surface area contributed by atoms with Crippen LogP contribution in [0.2, 0.25) is 5.02 Å². The molecule has 0 spiro atoms. The molecule has 0 bridgehead atoms. The number of nitrogens with one attached hydrogen (secondary N) is 1. The third-order valence-electron chi connectivity index (χ3n) is 5.08. The van der Waals surface area contributed by atoms with Gasteiger partial charge in [-0.2, -0.15) is 0 Å². The van der Waals surface area contributed by atoms with E-state index in [0.717, 1.165) is 88.5 Å². The summed E-state index contributed by atoms with van der Waals surface area (Å²) < 4.78 is 11.1. The summed E-state index contributed by atoms with van der Waals surface area (Å²) in [5, 5.41) is 4.99. The Hall–Kier alpha value is -0.920. The van der Waals surface area contributed by atoms with Gasteiger partial charge < -0.3 is 19.7 Å². The number of benzene rings is 1. The van der Waals surface area contributed by atoms with Crippen LogP contribution in [0.4, 0.5) is 0 Å². The standard InChI is InChI=1S/C20H30ClN3O2S/c21-18-6-4-17(5-7-18)16-24(9-2-8-23-10-13-25-14-11-23)20(27)22-15-19-3-1-12-26-19/h4-7,19H,1-3,8-16H2,(H,22,27). The van der Waals surface area contributed by atoms with E-state index >= 15 is 0 Å². The van der Waals surface area contributed by atoms with E-state index in [2.05, 4.69) is 27.2 Å². The molecule has 1 atom stereocenters. The quantitative estimate of drug-likeness (QED) is 0.663. The third-order valence-corrected chi connectivity index (χ3v) is 5.74. The zero-order valence-electron chi connectivity index (χ0n) is 15.9. The normalized spacial score (nSPS) is 20.6. The summed E-state index contributed by atoms with van der Waals surface area (Å²) in [5.74, 6) is 0. The first-order valence-corrected chi connectivity index (χ1v) is 10.7. The molecule has 150 valence electrons. The summed E-state index contributed by atoms with van der Waals surface area (Å²) in [6.07, 6.45) is 3.63. The number of hydrogen-bond donors (Lipinski definition) is 1. The predicted octanol–water partition coefficient (Wildman–Crippen LogP) is 2.92. The molecule has 0 radical (unpaired) electrons. The van der Waals surface area contributed by atoms with Gasteiger partial charge in [0.15, 0.2) is 5.11 Å². The molecule has 1 unspecified atom stereocenters. The minimum absolute atomic E-state index is 0.286. The molecule has 5 nitrogen and oxygen atoms in total. The van der Waals surface area contributed by atoms with Crippen LogP contribution in [-0.2, 0) is 16.0 Å². The van der Waals surface area contributed by atoms with Gasteiger partial charge in [0.1, 0.15) is 0 Å². The molecule has 0 amide bonds. The summed E-state index contributed by atoms with van der Waals surface area (Å²) in [4.78, 5) is 4.72. The molecule has 2 heterocycles. The van der Waals surface area contributed by atoms with Crippen molar-refractivity contribution >= 4 is 28.9 Å². The van der Waals surface area contributed by atoms with Gasteiger partial charge in [0.05, 0.1) is 19.3 Å². The summed E-state index contributed by atoms with van der Waals surface area (Å²) in [5.41, 5.74) is 1.21. The van der Waals surface area contributed by atoms with Crippen LogP contribution in [0.5, 0.6) is 0 Å². The Morgan fingerprint density at radius 1 is 1.22 bits per heavy atom. The molecular weight excluding hydrogens is 382 g/mol. The van der Waals surface area contributed by atoms with Crippen molar-refractivity contribution in [2.75, 3.05) is 52.5 Å². The molecule has 1 aromatic rings. The second-order valence-electron chi connectivity index (χ2n) is 7.18. The summed E-state index contributed by atoms with van der Waals surface area (Å²) in [6, 6.07) is 8.01. The average Bonchev–Trinajstić information content (AvgIpc) is 3.21. The van der Waals surface area contributed by atoms with Crippen molar-refractivity contribution in [2.45, 2.75) is 31.9 Å². The monoisotopic (exact) mass is 411 g/mol. The minimum atomic E-state index is 0.286. The van der Waals surface area contributed by atoms with Crippen LogP contribution in [0.3, 0.4) is 0 Å². The smallest absolute Gasteiger partial charge is 0.169 e. The lowest BCUT2D eigenvalue weighted by atomic mass is 10.2. The van der Waals surface area contributed by atoms with Gasteiger partial charge in [-0.1, -0.05) is 23.7 Å². The molecule has 2 fully saturated rings. The molecule has 27 heavy (non-hydrogen) atoms. The molecule has 3 rings (SSSR count). The van der Waals surface area contributed by atoms with Crippen molar-refractivity contribution in [3.63, 3.8) is 0 Å². The van der Waals surface area contributed by atoms with Crippen molar-refractivity contribution < 1.29 is 9.47 Å². The van der Waals surface area contributed by atoms with Crippen LogP contribution in [0.15, 0.2) is 24.3 Å². The minimum Gasteiger partial charge on any atom is -0.379 e. The van der Waals surface area contributed by atoms with E-state index in [1.54, 1.807) is 0 Å². The Labute approximate surface area is 172 Å². The van der Waals surface area contributed by atoms with Crippen molar-refractivity contribution in [1.29, 1.82) is 0 Å². The van der Waals surface area contributed by atoms with Gasteiger partial charge in [-0.25, -0.2) is 0 Å². The van der Waals surface area contributed by atoms with E-state index < -0.39 is 0 Å². The van der Waals surface area contributed by atoms with Crippen molar-refractivity contribution in [2.24, 2.45) is 0 Å². The van der Waals surface area contributed by atoms with E-state index in [0.29, 0.717) is 0 Å². The van der Waals surface area contributed by atoms with Gasteiger partial charge in [0.25, 0.3) is 0 Å². The second-order valence-corrected chi connectivity index (χ2v) is 8.00. The molecule has 7 heteroatoms. The highest BCUT2D eigenvalue weighted by atomic mass is 35.5. The van der Waals surface area contributed by atoms with Crippen LogP contribution < -0.4 is 5.32 Å². The highest BCUT2D eigenvalue weighted by molar-refractivity contribution is 7.80. The maximum atomic E-state index is 6.02. The maximum Gasteiger partial charge on any atom is 0.169 e. The molecule has 0 aromatic heterocycles. The number of halogens is 1. The Morgan fingerprint density at radius 2 is 2.00 bits per heavy atom. The molecule has 0 saturated carbocycles. The van der Waals surface area contributed by atoms with E-state index in [1.807, 2.05) is 12.1 Å². The first kappa shape index (κ1) is 20.8. The van der Waals surface area contributed by atoms with Gasteiger partial charge in [0.2, 0.25) is 0 Å². The number of rotatable bonds is 8. The average molecular weight is 412 g/mol. The Kier molecular flexibility index (Phi) is 8.61. The molecule has 0 aliphatic carbocycles. The van der Waals surface area contributed by atoms with E-state index in [1.165, 1.54) is 5.56 Å². The Bertz CT molecular complexity index is 575. The zero-order valence-corrected chi connectivity index (χ0v) is 17.4. The second kappa shape index (κ2) is 11.2. The number of hydrogen-bond acceptors (Lipinski definition) is 4. The topological polar surface area (TPSA) is 37.0 Å². The zero-order chi connectivity index (χ0) is 18.9. The molecule has 2 aliphatic rings. The van der Waals surface area contributed by atoms with Gasteiger partial charge >= 0.3 is 0 Å². The van der Waals surface area contributed by atoms with Crippen LogP contribution in [0, 0.1) is 0 Å². The molecule has 1 aromatic carbocycles. The Balaban J connectivity index is 1.51. The number of morpholine rings is 1. The molecular formula is C20H30ClN3O2S. The fraction of sp³-hybridized carbons (Fsp3) is 0.650. The van der Waals surface area contributed by atoms with Gasteiger partial charge in [-0.15, -0.1) is 0 Å². The fourth-order valence-corrected chi connectivity index (χ4v) is 3.86.